The lowest BCUT2D eigenvalue weighted by atomic mass is 9.63. The third-order valence-corrected chi connectivity index (χ3v) is 6.48. The Kier molecular flexibility index (Phi) is 2.35. The number of anilines is 1. The Morgan fingerprint density at radius 3 is 2.18 bits per heavy atom. The molecular weight excluding hydrogens is 298 g/mol. The number of carbonyl (C=O) groups is 2. The Bertz CT molecular complexity index is 719. The molecule has 22 heavy (non-hydrogen) atoms. The number of hydrogen-bond acceptors (Lipinski definition) is 2. The number of benzene rings is 1. The van der Waals surface area contributed by atoms with Crippen LogP contribution in [0.4, 0.5) is 5.69 Å². The molecule has 1 heterocycles. The molecule has 0 radical (unpaired) electrons. The van der Waals surface area contributed by atoms with Crippen molar-refractivity contribution in [2.75, 3.05) is 4.90 Å². The van der Waals surface area contributed by atoms with Gasteiger partial charge in [-0.05, 0) is 54.7 Å². The molecule has 6 rings (SSSR count). The van der Waals surface area contributed by atoms with E-state index in [4.69, 9.17) is 11.6 Å². The van der Waals surface area contributed by atoms with Gasteiger partial charge in [-0.25, -0.2) is 4.90 Å². The number of allylic oxidation sites excluding steroid dienone is 2. The molecule has 5 aliphatic rings. The number of amides is 2. The van der Waals surface area contributed by atoms with E-state index in [9.17, 15) is 9.59 Å². The quantitative estimate of drug-likeness (QED) is 0.590. The number of nitrogens with zero attached hydrogens (tertiary/aromatic N) is 1. The minimum atomic E-state index is -0.147. The van der Waals surface area contributed by atoms with Gasteiger partial charge in [0.1, 0.15) is 0 Å². The summed E-state index contributed by atoms with van der Waals surface area (Å²) in [6.45, 7) is 1.91. The van der Waals surface area contributed by atoms with Gasteiger partial charge in [-0.3, -0.25) is 9.59 Å². The second-order valence-corrected chi connectivity index (χ2v) is 7.51. The Labute approximate surface area is 133 Å². The molecule has 1 aromatic rings. The van der Waals surface area contributed by atoms with E-state index < -0.39 is 0 Å². The van der Waals surface area contributed by atoms with E-state index in [1.807, 2.05) is 19.1 Å². The third-order valence-electron chi connectivity index (χ3n) is 6.08. The Morgan fingerprint density at radius 1 is 1.05 bits per heavy atom. The summed E-state index contributed by atoms with van der Waals surface area (Å²) >= 11 is 6.18. The molecule has 0 aromatic heterocycles. The molecule has 1 saturated heterocycles. The second kappa shape index (κ2) is 4.02. The molecule has 2 saturated carbocycles. The number of carbonyl (C=O) groups excluding carboxylic acids is 2. The first-order valence-corrected chi connectivity index (χ1v) is 8.28. The molecule has 3 fully saturated rings. The zero-order valence-corrected chi connectivity index (χ0v) is 13.0. The van der Waals surface area contributed by atoms with Gasteiger partial charge >= 0.3 is 0 Å². The normalized spacial score (nSPS) is 40.9. The van der Waals surface area contributed by atoms with Crippen LogP contribution in [-0.2, 0) is 9.59 Å². The summed E-state index contributed by atoms with van der Waals surface area (Å²) in [6.07, 6.45) is 5.57. The zero-order chi connectivity index (χ0) is 15.2. The summed E-state index contributed by atoms with van der Waals surface area (Å²) in [5, 5.41) is 0.594. The van der Waals surface area contributed by atoms with Crippen LogP contribution in [0.1, 0.15) is 12.0 Å². The van der Waals surface area contributed by atoms with E-state index in [1.54, 1.807) is 6.07 Å². The van der Waals surface area contributed by atoms with E-state index in [2.05, 4.69) is 12.2 Å². The Balaban J connectivity index is 1.58. The van der Waals surface area contributed by atoms with Crippen LogP contribution in [0.5, 0.6) is 0 Å². The lowest BCUT2D eigenvalue weighted by molar-refractivity contribution is -0.124. The molecule has 4 aliphatic carbocycles. The maximum atomic E-state index is 12.9. The highest BCUT2D eigenvalue weighted by Gasteiger charge is 2.67. The smallest absolute Gasteiger partial charge is 0.238 e. The van der Waals surface area contributed by atoms with Crippen molar-refractivity contribution in [3.63, 3.8) is 0 Å². The molecule has 0 spiro atoms. The number of aryl methyl sites for hydroxylation is 1. The molecule has 1 aliphatic heterocycles. The standard InChI is InChI=1S/C18H16ClNO2/c1-8-2-3-9(6-14(8)19)20-17(21)15-10-4-5-11(13-7-12(10)13)16(15)18(20)22/h2-6,10-13,15-16H,7H2,1H3/t10-,11-,12-,13-,15+,16+/m0/s1. The minimum Gasteiger partial charge on any atom is -0.274 e. The summed E-state index contributed by atoms with van der Waals surface area (Å²) in [4.78, 5) is 27.2. The van der Waals surface area contributed by atoms with Crippen molar-refractivity contribution in [1.82, 2.24) is 0 Å². The lowest BCUT2D eigenvalue weighted by Gasteiger charge is -2.37. The van der Waals surface area contributed by atoms with Crippen molar-refractivity contribution >= 4 is 29.1 Å². The zero-order valence-electron chi connectivity index (χ0n) is 12.2. The van der Waals surface area contributed by atoms with E-state index in [0.29, 0.717) is 22.5 Å². The molecular formula is C18H16ClNO2. The van der Waals surface area contributed by atoms with E-state index >= 15 is 0 Å². The summed E-state index contributed by atoms with van der Waals surface area (Å²) in [6, 6.07) is 5.43. The molecule has 6 atom stereocenters. The van der Waals surface area contributed by atoms with Gasteiger partial charge in [0.15, 0.2) is 0 Å². The van der Waals surface area contributed by atoms with E-state index in [-0.39, 0.29) is 35.5 Å². The van der Waals surface area contributed by atoms with Gasteiger partial charge in [0.2, 0.25) is 11.8 Å². The Hall–Kier alpha value is -1.61. The first kappa shape index (κ1) is 12.9. The SMILES string of the molecule is Cc1ccc(N2C(=O)[C@@H]3[C@H]4C=C[C@@H]([C@@H]5C[C@@H]45)[C@H]3C2=O)cc1Cl. The average molecular weight is 314 g/mol. The number of imide groups is 1. The van der Waals surface area contributed by atoms with Crippen LogP contribution in [0.25, 0.3) is 0 Å². The van der Waals surface area contributed by atoms with Gasteiger partial charge in [-0.2, -0.15) is 0 Å². The van der Waals surface area contributed by atoms with Gasteiger partial charge in [0, 0.05) is 5.02 Å². The third kappa shape index (κ3) is 1.43. The maximum absolute atomic E-state index is 12.9. The molecule has 1 aromatic carbocycles. The summed E-state index contributed by atoms with van der Waals surface area (Å²) < 4.78 is 0. The molecule has 0 N–H and O–H groups in total. The van der Waals surface area contributed by atoms with Crippen LogP contribution >= 0.6 is 11.6 Å². The van der Waals surface area contributed by atoms with Crippen molar-refractivity contribution in [1.29, 1.82) is 0 Å². The van der Waals surface area contributed by atoms with E-state index in [0.717, 1.165) is 5.56 Å². The highest BCUT2D eigenvalue weighted by molar-refractivity contribution is 6.32. The fraction of sp³-hybridized carbons (Fsp3) is 0.444. The van der Waals surface area contributed by atoms with Crippen molar-refractivity contribution in [3.8, 4) is 0 Å². The van der Waals surface area contributed by atoms with E-state index in [1.165, 1.54) is 11.3 Å². The van der Waals surface area contributed by atoms with Crippen LogP contribution in [0.3, 0.4) is 0 Å². The largest absolute Gasteiger partial charge is 0.274 e. The molecule has 3 nitrogen and oxygen atoms in total. The monoisotopic (exact) mass is 313 g/mol. The number of halogens is 1. The van der Waals surface area contributed by atoms with Crippen molar-refractivity contribution in [3.05, 3.63) is 40.9 Å². The molecule has 2 bridgehead atoms. The van der Waals surface area contributed by atoms with Gasteiger partial charge in [-0.1, -0.05) is 29.8 Å². The van der Waals surface area contributed by atoms with Crippen LogP contribution in [0, 0.1) is 42.4 Å². The predicted octanol–water partition coefficient (Wildman–Crippen LogP) is 3.21. The number of hydrogen-bond donors (Lipinski definition) is 0. The average Bonchev–Trinajstić information content (AvgIpc) is 3.28. The molecule has 112 valence electrons. The van der Waals surface area contributed by atoms with Gasteiger partial charge in [0.25, 0.3) is 0 Å². The number of rotatable bonds is 1. The maximum Gasteiger partial charge on any atom is 0.238 e. The van der Waals surface area contributed by atoms with Crippen LogP contribution in [0.2, 0.25) is 5.02 Å². The summed E-state index contributed by atoms with van der Waals surface area (Å²) in [7, 11) is 0. The topological polar surface area (TPSA) is 37.4 Å². The second-order valence-electron chi connectivity index (χ2n) is 7.10. The highest BCUT2D eigenvalue weighted by Crippen LogP contribution is 2.65. The Morgan fingerprint density at radius 2 is 1.64 bits per heavy atom. The predicted molar refractivity (Wildman–Crippen MR) is 83.4 cm³/mol. The molecule has 2 amide bonds. The first-order chi connectivity index (χ1) is 10.6. The molecule has 0 unspecified atom stereocenters. The van der Waals surface area contributed by atoms with Crippen molar-refractivity contribution < 1.29 is 9.59 Å². The fourth-order valence-corrected chi connectivity index (χ4v) is 5.11. The highest BCUT2D eigenvalue weighted by atomic mass is 35.5. The fourth-order valence-electron chi connectivity index (χ4n) is 4.93. The van der Waals surface area contributed by atoms with Crippen LogP contribution in [0.15, 0.2) is 30.4 Å². The van der Waals surface area contributed by atoms with Crippen molar-refractivity contribution in [2.45, 2.75) is 13.3 Å². The van der Waals surface area contributed by atoms with Gasteiger partial charge in [-0.15, -0.1) is 0 Å². The first-order valence-electron chi connectivity index (χ1n) is 7.90. The minimum absolute atomic E-state index is 0.0281. The van der Waals surface area contributed by atoms with Gasteiger partial charge in [0.05, 0.1) is 17.5 Å². The van der Waals surface area contributed by atoms with Crippen molar-refractivity contribution in [2.24, 2.45) is 35.5 Å². The van der Waals surface area contributed by atoms with Gasteiger partial charge < -0.3 is 0 Å². The summed E-state index contributed by atoms with van der Waals surface area (Å²) in [5.41, 5.74) is 1.57. The summed E-state index contributed by atoms with van der Waals surface area (Å²) in [5.74, 6) is 1.45. The lowest BCUT2D eigenvalue weighted by Crippen LogP contribution is -2.40. The molecule has 4 heteroatoms. The van der Waals surface area contributed by atoms with Crippen LogP contribution < -0.4 is 4.90 Å². The van der Waals surface area contributed by atoms with Crippen LogP contribution in [-0.4, -0.2) is 11.8 Å².